The highest BCUT2D eigenvalue weighted by molar-refractivity contribution is 5.78. The molecular formula is C25H32N2O5. The van der Waals surface area contributed by atoms with Crippen molar-refractivity contribution in [1.82, 2.24) is 10.2 Å². The highest BCUT2D eigenvalue weighted by Gasteiger charge is 2.24. The number of likely N-dealkylation sites (tertiary alicyclic amines) is 1. The molecule has 1 fully saturated rings. The Bertz CT molecular complexity index is 905. The van der Waals surface area contributed by atoms with Crippen LogP contribution in [0.4, 0.5) is 0 Å². The van der Waals surface area contributed by atoms with Crippen molar-refractivity contribution in [3.8, 4) is 17.2 Å². The lowest BCUT2D eigenvalue weighted by atomic mass is 10.0. The number of piperidine rings is 1. The smallest absolute Gasteiger partial charge is 0.260 e. The average Bonchev–Trinajstić information content (AvgIpc) is 2.82. The molecule has 7 nitrogen and oxygen atoms in total. The molecular weight excluding hydrogens is 408 g/mol. The maximum atomic E-state index is 12.4. The molecule has 2 aromatic rings. The van der Waals surface area contributed by atoms with Crippen molar-refractivity contribution in [3.05, 3.63) is 53.6 Å². The minimum Gasteiger partial charge on any atom is -0.493 e. The van der Waals surface area contributed by atoms with E-state index in [2.05, 4.69) is 5.32 Å². The Balaban J connectivity index is 1.37. The summed E-state index contributed by atoms with van der Waals surface area (Å²) in [6.07, 6.45) is 2.52. The first-order valence-corrected chi connectivity index (χ1v) is 11.0. The van der Waals surface area contributed by atoms with Crippen LogP contribution in [0, 0.1) is 6.92 Å². The van der Waals surface area contributed by atoms with E-state index in [-0.39, 0.29) is 24.5 Å². The zero-order valence-electron chi connectivity index (χ0n) is 19.1. The summed E-state index contributed by atoms with van der Waals surface area (Å²) in [4.78, 5) is 26.6. The minimum atomic E-state index is -0.0243. The number of benzene rings is 2. The summed E-state index contributed by atoms with van der Waals surface area (Å²) in [5.74, 6) is 2.02. The van der Waals surface area contributed by atoms with Gasteiger partial charge in [-0.2, -0.15) is 0 Å². The minimum absolute atomic E-state index is 0.0206. The Hall–Kier alpha value is -3.22. The number of hydrogen-bond acceptors (Lipinski definition) is 5. The second-order valence-corrected chi connectivity index (χ2v) is 8.01. The fraction of sp³-hybridized carbons (Fsp3) is 0.440. The van der Waals surface area contributed by atoms with Crippen LogP contribution in [0.5, 0.6) is 17.2 Å². The van der Waals surface area contributed by atoms with E-state index in [1.54, 1.807) is 19.1 Å². The fourth-order valence-electron chi connectivity index (χ4n) is 3.74. The van der Waals surface area contributed by atoms with Crippen LogP contribution in [-0.4, -0.2) is 56.7 Å². The van der Waals surface area contributed by atoms with Gasteiger partial charge in [-0.05, 0) is 56.0 Å². The highest BCUT2D eigenvalue weighted by atomic mass is 16.5. The average molecular weight is 441 g/mol. The van der Waals surface area contributed by atoms with E-state index in [1.165, 1.54) is 0 Å². The molecule has 1 saturated heterocycles. The van der Waals surface area contributed by atoms with E-state index >= 15 is 0 Å². The number of hydrogen-bond donors (Lipinski definition) is 1. The van der Waals surface area contributed by atoms with E-state index < -0.39 is 0 Å². The van der Waals surface area contributed by atoms with Crippen LogP contribution in [0.3, 0.4) is 0 Å². The van der Waals surface area contributed by atoms with Gasteiger partial charge >= 0.3 is 0 Å². The van der Waals surface area contributed by atoms with E-state index in [4.69, 9.17) is 14.2 Å². The SMILES string of the molecule is COc1ccc(CCC(=O)NC2CCN(C(=O)COc3ccc(C)cc3)CC2)cc1OC. The lowest BCUT2D eigenvalue weighted by Crippen LogP contribution is -2.47. The van der Waals surface area contributed by atoms with Gasteiger partial charge in [0.15, 0.2) is 18.1 Å². The van der Waals surface area contributed by atoms with Crippen LogP contribution in [0.25, 0.3) is 0 Å². The van der Waals surface area contributed by atoms with Crippen molar-refractivity contribution >= 4 is 11.8 Å². The van der Waals surface area contributed by atoms with E-state index in [9.17, 15) is 9.59 Å². The maximum Gasteiger partial charge on any atom is 0.260 e. The Labute approximate surface area is 189 Å². The van der Waals surface area contributed by atoms with Crippen molar-refractivity contribution in [2.45, 2.75) is 38.6 Å². The van der Waals surface area contributed by atoms with Crippen LogP contribution in [0.2, 0.25) is 0 Å². The maximum absolute atomic E-state index is 12.4. The predicted molar refractivity (Wildman–Crippen MR) is 122 cm³/mol. The van der Waals surface area contributed by atoms with Gasteiger partial charge < -0.3 is 24.4 Å². The Morgan fingerprint density at radius 3 is 2.34 bits per heavy atom. The van der Waals surface area contributed by atoms with Crippen LogP contribution < -0.4 is 19.5 Å². The Kier molecular flexibility index (Phi) is 8.36. The molecule has 0 atom stereocenters. The zero-order chi connectivity index (χ0) is 22.9. The first-order valence-electron chi connectivity index (χ1n) is 11.0. The monoisotopic (exact) mass is 440 g/mol. The molecule has 3 rings (SSSR count). The molecule has 2 aromatic carbocycles. The predicted octanol–water partition coefficient (Wildman–Crippen LogP) is 3.13. The van der Waals surface area contributed by atoms with Gasteiger partial charge in [0, 0.05) is 25.6 Å². The first kappa shape index (κ1) is 23.4. The summed E-state index contributed by atoms with van der Waals surface area (Å²) in [6, 6.07) is 13.4. The summed E-state index contributed by atoms with van der Waals surface area (Å²) in [7, 11) is 3.20. The fourth-order valence-corrected chi connectivity index (χ4v) is 3.74. The third-order valence-corrected chi connectivity index (χ3v) is 5.68. The number of ether oxygens (including phenoxy) is 3. The molecule has 1 N–H and O–H groups in total. The molecule has 0 aromatic heterocycles. The van der Waals surface area contributed by atoms with Crippen LogP contribution in [0.15, 0.2) is 42.5 Å². The number of carbonyl (C=O) groups excluding carboxylic acids is 2. The van der Waals surface area contributed by atoms with Gasteiger partial charge in [-0.25, -0.2) is 0 Å². The molecule has 2 amide bonds. The number of nitrogens with one attached hydrogen (secondary N) is 1. The first-order chi connectivity index (χ1) is 15.5. The third kappa shape index (κ3) is 6.64. The summed E-state index contributed by atoms with van der Waals surface area (Å²) < 4.78 is 16.2. The van der Waals surface area contributed by atoms with Crippen molar-refractivity contribution in [2.75, 3.05) is 33.9 Å². The lowest BCUT2D eigenvalue weighted by Gasteiger charge is -2.32. The van der Waals surface area contributed by atoms with Crippen LogP contribution in [0.1, 0.15) is 30.4 Å². The number of rotatable bonds is 9. The summed E-state index contributed by atoms with van der Waals surface area (Å²) in [6.45, 7) is 3.28. The van der Waals surface area contributed by atoms with Gasteiger partial charge in [-0.1, -0.05) is 23.8 Å². The number of nitrogens with zero attached hydrogens (tertiary/aromatic N) is 1. The number of carbonyl (C=O) groups is 2. The highest BCUT2D eigenvalue weighted by Crippen LogP contribution is 2.28. The molecule has 0 radical (unpaired) electrons. The van der Waals surface area contributed by atoms with E-state index in [0.29, 0.717) is 43.2 Å². The second kappa shape index (κ2) is 11.4. The summed E-state index contributed by atoms with van der Waals surface area (Å²) in [5, 5.41) is 3.10. The molecule has 0 spiro atoms. The molecule has 7 heteroatoms. The van der Waals surface area contributed by atoms with Crippen molar-refractivity contribution in [3.63, 3.8) is 0 Å². The Morgan fingerprint density at radius 1 is 1.00 bits per heavy atom. The normalized spacial score (nSPS) is 14.0. The number of amides is 2. The van der Waals surface area contributed by atoms with Gasteiger partial charge in [-0.3, -0.25) is 9.59 Å². The standard InChI is InChI=1S/C25H32N2O5/c1-18-4-8-21(9-5-18)32-17-25(29)27-14-12-20(13-15-27)26-24(28)11-7-19-6-10-22(30-2)23(16-19)31-3/h4-6,8-10,16,20H,7,11-15,17H2,1-3H3,(H,26,28). The number of aryl methyl sites for hydroxylation is 2. The van der Waals surface area contributed by atoms with Crippen LogP contribution in [-0.2, 0) is 16.0 Å². The van der Waals surface area contributed by atoms with Crippen LogP contribution >= 0.6 is 0 Å². The van der Waals surface area contributed by atoms with Gasteiger partial charge in [0.2, 0.25) is 5.91 Å². The van der Waals surface area contributed by atoms with Gasteiger partial charge in [0.25, 0.3) is 5.91 Å². The van der Waals surface area contributed by atoms with Gasteiger partial charge in [0.1, 0.15) is 5.75 Å². The lowest BCUT2D eigenvalue weighted by molar-refractivity contribution is -0.134. The topological polar surface area (TPSA) is 77.1 Å². The molecule has 1 aliphatic rings. The second-order valence-electron chi connectivity index (χ2n) is 8.01. The molecule has 1 heterocycles. The molecule has 32 heavy (non-hydrogen) atoms. The molecule has 0 saturated carbocycles. The van der Waals surface area contributed by atoms with Crippen molar-refractivity contribution in [1.29, 1.82) is 0 Å². The molecule has 0 unspecified atom stereocenters. The quantitative estimate of drug-likeness (QED) is 0.648. The largest absolute Gasteiger partial charge is 0.493 e. The summed E-state index contributed by atoms with van der Waals surface area (Å²) >= 11 is 0. The molecule has 0 bridgehead atoms. The van der Waals surface area contributed by atoms with Crippen molar-refractivity contribution < 1.29 is 23.8 Å². The molecule has 1 aliphatic heterocycles. The van der Waals surface area contributed by atoms with Gasteiger partial charge in [0.05, 0.1) is 14.2 Å². The third-order valence-electron chi connectivity index (χ3n) is 5.68. The summed E-state index contributed by atoms with van der Waals surface area (Å²) in [5.41, 5.74) is 2.17. The van der Waals surface area contributed by atoms with E-state index in [0.717, 1.165) is 24.0 Å². The van der Waals surface area contributed by atoms with Gasteiger partial charge in [-0.15, -0.1) is 0 Å². The van der Waals surface area contributed by atoms with Crippen molar-refractivity contribution in [2.24, 2.45) is 0 Å². The Morgan fingerprint density at radius 2 is 1.69 bits per heavy atom. The molecule has 172 valence electrons. The molecule has 0 aliphatic carbocycles. The number of methoxy groups -OCH3 is 2. The van der Waals surface area contributed by atoms with E-state index in [1.807, 2.05) is 49.4 Å². The zero-order valence-corrected chi connectivity index (χ0v) is 19.1.